The number of anilines is 2. The number of benzene rings is 2. The monoisotopic (exact) mass is 422 g/mol. The van der Waals surface area contributed by atoms with Crippen molar-refractivity contribution >= 4 is 23.3 Å². The maximum Gasteiger partial charge on any atom is 0.315 e. The first kappa shape index (κ1) is 21.0. The topological polar surface area (TPSA) is 73.9 Å². The molecule has 7 nitrogen and oxygen atoms in total. The summed E-state index contributed by atoms with van der Waals surface area (Å²) in [4.78, 5) is 28.5. The first-order valence-electron chi connectivity index (χ1n) is 10.9. The average Bonchev–Trinajstić information content (AvgIpc) is 3.24. The predicted molar refractivity (Wildman–Crippen MR) is 122 cm³/mol. The Balaban J connectivity index is 1.22. The van der Waals surface area contributed by atoms with Crippen LogP contribution >= 0.6 is 0 Å². The van der Waals surface area contributed by atoms with E-state index < -0.39 is 0 Å². The fourth-order valence-corrected chi connectivity index (χ4v) is 4.25. The van der Waals surface area contributed by atoms with E-state index in [9.17, 15) is 9.59 Å². The van der Waals surface area contributed by atoms with Gasteiger partial charge in [0, 0.05) is 50.0 Å². The molecule has 2 saturated heterocycles. The highest BCUT2D eigenvalue weighted by atomic mass is 16.5. The second-order valence-electron chi connectivity index (χ2n) is 8.11. The van der Waals surface area contributed by atoms with Crippen LogP contribution in [0.4, 0.5) is 16.2 Å². The van der Waals surface area contributed by atoms with E-state index in [1.54, 1.807) is 7.11 Å². The number of carbonyl (C=O) groups excluding carboxylic acids is 2. The molecule has 31 heavy (non-hydrogen) atoms. The third-order valence-corrected chi connectivity index (χ3v) is 6.02. The van der Waals surface area contributed by atoms with Gasteiger partial charge < -0.3 is 25.2 Å². The van der Waals surface area contributed by atoms with Gasteiger partial charge >= 0.3 is 6.03 Å². The molecule has 3 amide bonds. The number of rotatable bonds is 6. The Hall–Kier alpha value is -3.22. The lowest BCUT2D eigenvalue weighted by Gasteiger charge is -2.34. The quantitative estimate of drug-likeness (QED) is 0.749. The largest absolute Gasteiger partial charge is 0.497 e. The minimum Gasteiger partial charge on any atom is -0.497 e. The fourth-order valence-electron chi connectivity index (χ4n) is 4.25. The van der Waals surface area contributed by atoms with Gasteiger partial charge in [-0.3, -0.25) is 4.79 Å². The number of hydrogen-bond donors (Lipinski definition) is 2. The minimum atomic E-state index is -0.148. The van der Waals surface area contributed by atoms with Gasteiger partial charge in [-0.25, -0.2) is 4.79 Å². The molecule has 164 valence electrons. The number of nitrogens with zero attached hydrogens (tertiary/aromatic N) is 2. The zero-order chi connectivity index (χ0) is 21.6. The molecule has 2 aliphatic heterocycles. The van der Waals surface area contributed by atoms with Gasteiger partial charge in [-0.15, -0.1) is 0 Å². The molecule has 0 spiro atoms. The van der Waals surface area contributed by atoms with Crippen molar-refractivity contribution in [3.05, 3.63) is 54.1 Å². The van der Waals surface area contributed by atoms with Gasteiger partial charge in [0.2, 0.25) is 5.91 Å². The molecule has 2 fully saturated rings. The molecule has 0 aliphatic carbocycles. The summed E-state index contributed by atoms with van der Waals surface area (Å²) in [6.45, 7) is 3.02. The zero-order valence-electron chi connectivity index (χ0n) is 18.0. The molecule has 4 rings (SSSR count). The fraction of sp³-hybridized carbons (Fsp3) is 0.417. The van der Waals surface area contributed by atoms with Crippen LogP contribution in [0.25, 0.3) is 0 Å². The average molecular weight is 423 g/mol. The van der Waals surface area contributed by atoms with Crippen molar-refractivity contribution in [1.29, 1.82) is 0 Å². The molecule has 0 radical (unpaired) electrons. The van der Waals surface area contributed by atoms with Crippen LogP contribution in [0.3, 0.4) is 0 Å². The van der Waals surface area contributed by atoms with E-state index in [0.29, 0.717) is 13.0 Å². The molecule has 2 N–H and O–H groups in total. The van der Waals surface area contributed by atoms with Crippen LogP contribution in [-0.4, -0.2) is 44.7 Å². The maximum absolute atomic E-state index is 12.4. The van der Waals surface area contributed by atoms with Crippen molar-refractivity contribution in [2.45, 2.75) is 38.3 Å². The number of carbonyl (C=O) groups is 2. The highest BCUT2D eigenvalue weighted by molar-refractivity contribution is 5.95. The second kappa shape index (κ2) is 9.73. The van der Waals surface area contributed by atoms with Gasteiger partial charge in [-0.05, 0) is 61.2 Å². The Morgan fingerprint density at radius 2 is 1.84 bits per heavy atom. The Labute approximate surface area is 183 Å². The van der Waals surface area contributed by atoms with Crippen LogP contribution in [0, 0.1) is 0 Å². The molecule has 0 saturated carbocycles. The van der Waals surface area contributed by atoms with Crippen molar-refractivity contribution in [2.75, 3.05) is 36.5 Å². The normalized spacial score (nSPS) is 17.0. The van der Waals surface area contributed by atoms with E-state index in [2.05, 4.69) is 27.7 Å². The van der Waals surface area contributed by atoms with Crippen LogP contribution in [0.15, 0.2) is 48.5 Å². The number of piperidine rings is 1. The summed E-state index contributed by atoms with van der Waals surface area (Å²) in [5.74, 6) is 1.03. The van der Waals surface area contributed by atoms with Crippen LogP contribution < -0.4 is 25.2 Å². The molecule has 7 heteroatoms. The maximum atomic E-state index is 12.4. The zero-order valence-corrected chi connectivity index (χ0v) is 18.0. The summed E-state index contributed by atoms with van der Waals surface area (Å²) >= 11 is 0. The molecule has 2 aromatic rings. The van der Waals surface area contributed by atoms with E-state index in [0.717, 1.165) is 55.9 Å². The van der Waals surface area contributed by atoms with Crippen molar-refractivity contribution in [3.63, 3.8) is 0 Å². The van der Waals surface area contributed by atoms with Gasteiger partial charge in [0.05, 0.1) is 7.11 Å². The Bertz CT molecular complexity index is 907. The lowest BCUT2D eigenvalue weighted by molar-refractivity contribution is -0.117. The van der Waals surface area contributed by atoms with Crippen molar-refractivity contribution in [3.8, 4) is 5.75 Å². The molecule has 0 bridgehead atoms. The Morgan fingerprint density at radius 3 is 2.52 bits per heavy atom. The van der Waals surface area contributed by atoms with Gasteiger partial charge in [0.15, 0.2) is 0 Å². The number of ether oxygens (including phenoxy) is 1. The Kier molecular flexibility index (Phi) is 6.60. The van der Waals surface area contributed by atoms with Crippen LogP contribution in [0.2, 0.25) is 0 Å². The highest BCUT2D eigenvalue weighted by Crippen LogP contribution is 2.23. The molecule has 2 heterocycles. The SMILES string of the molecule is COc1ccc(N2CCC(NC(=O)NCc3cccc(N4CCCC4=O)c3)CC2)cc1. The van der Waals surface area contributed by atoms with Gasteiger partial charge in [0.1, 0.15) is 5.75 Å². The third-order valence-electron chi connectivity index (χ3n) is 6.02. The third kappa shape index (κ3) is 5.29. The van der Waals surface area contributed by atoms with Crippen molar-refractivity contribution < 1.29 is 14.3 Å². The summed E-state index contributed by atoms with van der Waals surface area (Å²) in [7, 11) is 1.67. The molecule has 0 unspecified atom stereocenters. The number of hydrogen-bond acceptors (Lipinski definition) is 4. The van der Waals surface area contributed by atoms with Crippen molar-refractivity contribution in [1.82, 2.24) is 10.6 Å². The van der Waals surface area contributed by atoms with E-state index in [1.807, 2.05) is 41.3 Å². The van der Waals surface area contributed by atoms with Crippen LogP contribution in [0.5, 0.6) is 5.75 Å². The van der Waals surface area contributed by atoms with E-state index >= 15 is 0 Å². The van der Waals surface area contributed by atoms with Gasteiger partial charge in [-0.1, -0.05) is 12.1 Å². The lowest BCUT2D eigenvalue weighted by atomic mass is 10.0. The number of amides is 3. The summed E-state index contributed by atoms with van der Waals surface area (Å²) in [6, 6.07) is 16.0. The van der Waals surface area contributed by atoms with Gasteiger partial charge in [0.25, 0.3) is 0 Å². The summed E-state index contributed by atoms with van der Waals surface area (Å²) in [5, 5.41) is 6.04. The first-order valence-corrected chi connectivity index (χ1v) is 10.9. The van der Waals surface area contributed by atoms with Crippen LogP contribution in [0.1, 0.15) is 31.2 Å². The molecule has 0 aromatic heterocycles. The summed E-state index contributed by atoms with van der Waals surface area (Å²) in [5.41, 5.74) is 3.08. The summed E-state index contributed by atoms with van der Waals surface area (Å²) in [6.07, 6.45) is 3.33. The summed E-state index contributed by atoms with van der Waals surface area (Å²) < 4.78 is 5.22. The molecular weight excluding hydrogens is 392 g/mol. The smallest absolute Gasteiger partial charge is 0.315 e. The molecule has 2 aromatic carbocycles. The first-order chi connectivity index (χ1) is 15.1. The van der Waals surface area contributed by atoms with Crippen molar-refractivity contribution in [2.24, 2.45) is 0 Å². The number of urea groups is 1. The van der Waals surface area contributed by atoms with E-state index in [4.69, 9.17) is 4.74 Å². The molecule has 0 atom stereocenters. The van der Waals surface area contributed by atoms with Crippen LogP contribution in [-0.2, 0) is 11.3 Å². The number of nitrogens with one attached hydrogen (secondary N) is 2. The molecule has 2 aliphatic rings. The van der Waals surface area contributed by atoms with Gasteiger partial charge in [-0.2, -0.15) is 0 Å². The number of methoxy groups -OCH3 is 1. The highest BCUT2D eigenvalue weighted by Gasteiger charge is 2.22. The standard InChI is InChI=1S/C24H30N4O3/c1-31-22-9-7-20(8-10-22)27-14-11-19(12-15-27)26-24(30)25-17-18-4-2-5-21(16-18)28-13-3-6-23(28)29/h2,4-5,7-10,16,19H,3,6,11-15,17H2,1H3,(H2,25,26,30). The predicted octanol–water partition coefficient (Wildman–Crippen LogP) is 3.29. The Morgan fingerprint density at radius 1 is 1.06 bits per heavy atom. The lowest BCUT2D eigenvalue weighted by Crippen LogP contribution is -2.47. The second-order valence-corrected chi connectivity index (χ2v) is 8.11. The van der Waals surface area contributed by atoms with E-state index in [-0.39, 0.29) is 18.0 Å². The molecular formula is C24H30N4O3. The minimum absolute atomic E-state index is 0.148. The van der Waals surface area contributed by atoms with E-state index in [1.165, 1.54) is 5.69 Å².